The Hall–Kier alpha value is -0.610. The van der Waals surface area contributed by atoms with E-state index in [1.54, 1.807) is 0 Å². The molecule has 8 heteroatoms. The highest BCUT2D eigenvalue weighted by Crippen LogP contribution is 2.18. The van der Waals surface area contributed by atoms with Gasteiger partial charge in [-0.05, 0) is 25.7 Å². The van der Waals surface area contributed by atoms with Crippen molar-refractivity contribution >= 4 is 35.8 Å². The van der Waals surface area contributed by atoms with Gasteiger partial charge in [0.1, 0.15) is 6.54 Å². The molecule has 1 unspecified atom stereocenters. The molecular weight excluding hydrogens is 433 g/mol. The van der Waals surface area contributed by atoms with Crippen LogP contribution in [0.25, 0.3) is 0 Å². The number of carbonyl (C=O) groups is 1. The zero-order valence-corrected chi connectivity index (χ0v) is 18.0. The molecule has 1 atom stereocenters. The SMILES string of the molecule is CCNC(=NCC(=O)NC1CC1)NCC1CN(CC(C)C)CCO1.I. The van der Waals surface area contributed by atoms with Crippen LogP contribution in [0, 0.1) is 5.92 Å². The Morgan fingerprint density at radius 1 is 1.32 bits per heavy atom. The second-order valence-electron chi connectivity index (χ2n) is 7.06. The number of hydrogen-bond acceptors (Lipinski definition) is 4. The Morgan fingerprint density at radius 3 is 2.72 bits per heavy atom. The first-order valence-corrected chi connectivity index (χ1v) is 9.22. The number of morpholine rings is 1. The third kappa shape index (κ3) is 9.60. The quantitative estimate of drug-likeness (QED) is 0.280. The summed E-state index contributed by atoms with van der Waals surface area (Å²) in [7, 11) is 0. The van der Waals surface area contributed by atoms with Crippen molar-refractivity contribution in [3.63, 3.8) is 0 Å². The van der Waals surface area contributed by atoms with E-state index in [4.69, 9.17) is 4.74 Å². The van der Waals surface area contributed by atoms with Crippen molar-refractivity contribution in [3.05, 3.63) is 0 Å². The molecule has 2 aliphatic rings. The molecule has 25 heavy (non-hydrogen) atoms. The Labute approximate surface area is 168 Å². The van der Waals surface area contributed by atoms with E-state index in [0.29, 0.717) is 24.5 Å². The standard InChI is InChI=1S/C17H33N5O2.HI/c1-4-18-17(20-10-16(23)21-14-5-6-14)19-9-15-12-22(7-8-24-15)11-13(2)3;/h13-15H,4-12H2,1-3H3,(H,21,23)(H2,18,19,20);1H. The number of nitrogens with one attached hydrogen (secondary N) is 3. The summed E-state index contributed by atoms with van der Waals surface area (Å²) in [5, 5.41) is 9.42. The first-order chi connectivity index (χ1) is 11.6. The lowest BCUT2D eigenvalue weighted by molar-refractivity contribution is -0.119. The number of hydrogen-bond donors (Lipinski definition) is 3. The molecule has 1 aliphatic carbocycles. The van der Waals surface area contributed by atoms with E-state index < -0.39 is 0 Å². The van der Waals surface area contributed by atoms with Gasteiger partial charge in [-0.1, -0.05) is 13.8 Å². The van der Waals surface area contributed by atoms with Gasteiger partial charge in [-0.15, -0.1) is 24.0 Å². The number of halogens is 1. The normalized spacial score (nSPS) is 21.6. The van der Waals surface area contributed by atoms with Crippen LogP contribution in [0.2, 0.25) is 0 Å². The third-order valence-corrected chi connectivity index (χ3v) is 4.01. The molecular formula is C17H34IN5O2. The number of nitrogens with zero attached hydrogens (tertiary/aromatic N) is 2. The van der Waals surface area contributed by atoms with Crippen LogP contribution in [0.15, 0.2) is 4.99 Å². The van der Waals surface area contributed by atoms with Crippen LogP contribution in [0.3, 0.4) is 0 Å². The predicted octanol–water partition coefficient (Wildman–Crippen LogP) is 0.795. The maximum absolute atomic E-state index is 11.7. The van der Waals surface area contributed by atoms with Crippen LogP contribution in [0.5, 0.6) is 0 Å². The Bertz CT molecular complexity index is 429. The molecule has 0 spiro atoms. The van der Waals surface area contributed by atoms with Gasteiger partial charge in [-0.25, -0.2) is 4.99 Å². The number of aliphatic imine (C=N–C) groups is 1. The van der Waals surface area contributed by atoms with Crippen LogP contribution in [-0.4, -0.2) is 74.8 Å². The molecule has 1 amide bonds. The van der Waals surface area contributed by atoms with Crippen molar-refractivity contribution in [3.8, 4) is 0 Å². The molecule has 1 aliphatic heterocycles. The predicted molar refractivity (Wildman–Crippen MR) is 112 cm³/mol. The number of rotatable bonds is 8. The molecule has 3 N–H and O–H groups in total. The zero-order chi connectivity index (χ0) is 17.4. The lowest BCUT2D eigenvalue weighted by Gasteiger charge is -2.34. The Kier molecular flexibility index (Phi) is 10.7. The van der Waals surface area contributed by atoms with E-state index in [0.717, 1.165) is 45.6 Å². The van der Waals surface area contributed by atoms with E-state index in [9.17, 15) is 4.79 Å². The topological polar surface area (TPSA) is 78.0 Å². The summed E-state index contributed by atoms with van der Waals surface area (Å²) >= 11 is 0. The van der Waals surface area contributed by atoms with E-state index in [1.165, 1.54) is 0 Å². The fourth-order valence-corrected chi connectivity index (χ4v) is 2.79. The van der Waals surface area contributed by atoms with Gasteiger partial charge in [0.05, 0.1) is 12.7 Å². The van der Waals surface area contributed by atoms with Crippen molar-refractivity contribution in [2.45, 2.75) is 45.8 Å². The summed E-state index contributed by atoms with van der Waals surface area (Å²) in [6, 6.07) is 0.380. The van der Waals surface area contributed by atoms with Crippen LogP contribution in [0.4, 0.5) is 0 Å². The molecule has 146 valence electrons. The van der Waals surface area contributed by atoms with Gasteiger partial charge < -0.3 is 20.7 Å². The average Bonchev–Trinajstić information content (AvgIpc) is 3.34. The number of carbonyl (C=O) groups excluding carboxylic acids is 1. The molecule has 1 heterocycles. The van der Waals surface area contributed by atoms with Crippen LogP contribution in [-0.2, 0) is 9.53 Å². The molecule has 0 aromatic rings. The summed E-state index contributed by atoms with van der Waals surface area (Å²) in [5.74, 6) is 1.33. The van der Waals surface area contributed by atoms with Gasteiger partial charge in [0.15, 0.2) is 5.96 Å². The first kappa shape index (κ1) is 22.4. The van der Waals surface area contributed by atoms with Gasteiger partial charge in [0.25, 0.3) is 0 Å². The van der Waals surface area contributed by atoms with Crippen molar-refractivity contribution in [1.29, 1.82) is 0 Å². The second-order valence-corrected chi connectivity index (χ2v) is 7.06. The maximum Gasteiger partial charge on any atom is 0.242 e. The fraction of sp³-hybridized carbons (Fsp3) is 0.882. The number of amides is 1. The molecule has 1 saturated heterocycles. The van der Waals surface area contributed by atoms with Gasteiger partial charge in [-0.3, -0.25) is 9.69 Å². The lowest BCUT2D eigenvalue weighted by Crippen LogP contribution is -2.50. The highest BCUT2D eigenvalue weighted by Gasteiger charge is 2.23. The second kappa shape index (κ2) is 11.9. The van der Waals surface area contributed by atoms with Gasteiger partial charge in [-0.2, -0.15) is 0 Å². The van der Waals surface area contributed by atoms with E-state index in [1.807, 2.05) is 6.92 Å². The van der Waals surface area contributed by atoms with E-state index in [2.05, 4.69) is 39.7 Å². The first-order valence-electron chi connectivity index (χ1n) is 9.22. The molecule has 0 radical (unpaired) electrons. The summed E-state index contributed by atoms with van der Waals surface area (Å²) in [4.78, 5) is 18.6. The van der Waals surface area contributed by atoms with Gasteiger partial charge >= 0.3 is 0 Å². The van der Waals surface area contributed by atoms with Crippen molar-refractivity contribution in [1.82, 2.24) is 20.9 Å². The minimum Gasteiger partial charge on any atom is -0.374 e. The smallest absolute Gasteiger partial charge is 0.242 e. The van der Waals surface area contributed by atoms with Crippen molar-refractivity contribution in [2.24, 2.45) is 10.9 Å². The number of ether oxygens (including phenoxy) is 1. The highest BCUT2D eigenvalue weighted by atomic mass is 127. The molecule has 2 rings (SSSR count). The van der Waals surface area contributed by atoms with Crippen molar-refractivity contribution in [2.75, 3.05) is 45.9 Å². The molecule has 7 nitrogen and oxygen atoms in total. The molecule has 0 bridgehead atoms. The minimum atomic E-state index is -0.00766. The number of guanidine groups is 1. The highest BCUT2D eigenvalue weighted by molar-refractivity contribution is 14.0. The molecule has 0 aromatic heterocycles. The summed E-state index contributed by atoms with van der Waals surface area (Å²) in [5.41, 5.74) is 0. The van der Waals surface area contributed by atoms with Crippen molar-refractivity contribution < 1.29 is 9.53 Å². The van der Waals surface area contributed by atoms with Crippen LogP contribution >= 0.6 is 24.0 Å². The van der Waals surface area contributed by atoms with Crippen LogP contribution < -0.4 is 16.0 Å². The maximum atomic E-state index is 11.7. The summed E-state index contributed by atoms with van der Waals surface area (Å²) < 4.78 is 5.84. The Morgan fingerprint density at radius 2 is 2.08 bits per heavy atom. The Balaban J connectivity index is 0.00000312. The largest absolute Gasteiger partial charge is 0.374 e. The van der Waals surface area contributed by atoms with Gasteiger partial charge in [0, 0.05) is 38.8 Å². The zero-order valence-electron chi connectivity index (χ0n) is 15.7. The summed E-state index contributed by atoms with van der Waals surface area (Å²) in [6.07, 6.45) is 2.35. The molecule has 1 saturated carbocycles. The molecule has 0 aromatic carbocycles. The summed E-state index contributed by atoms with van der Waals surface area (Å²) in [6.45, 7) is 11.9. The lowest BCUT2D eigenvalue weighted by atomic mass is 10.2. The average molecular weight is 467 g/mol. The monoisotopic (exact) mass is 467 g/mol. The minimum absolute atomic E-state index is 0. The van der Waals surface area contributed by atoms with E-state index >= 15 is 0 Å². The van der Waals surface area contributed by atoms with Gasteiger partial charge in [0.2, 0.25) is 5.91 Å². The molecule has 2 fully saturated rings. The third-order valence-electron chi connectivity index (χ3n) is 4.01. The fourth-order valence-electron chi connectivity index (χ4n) is 2.79. The van der Waals surface area contributed by atoms with Crippen LogP contribution in [0.1, 0.15) is 33.6 Å². The van der Waals surface area contributed by atoms with E-state index in [-0.39, 0.29) is 42.5 Å².